The van der Waals surface area contributed by atoms with Gasteiger partial charge in [0.1, 0.15) is 11.3 Å². The maximum Gasteiger partial charge on any atom is 0.135 e. The van der Waals surface area contributed by atoms with Crippen molar-refractivity contribution in [3.05, 3.63) is 48.4 Å². The quantitative estimate of drug-likeness (QED) is 0.679. The number of aromatic nitrogens is 3. The molecule has 0 bridgehead atoms. The van der Waals surface area contributed by atoms with Crippen molar-refractivity contribution >= 4 is 22.5 Å². The molecular weight excluding hydrogens is 322 g/mol. The van der Waals surface area contributed by atoms with Crippen molar-refractivity contribution in [2.75, 3.05) is 31.1 Å². The van der Waals surface area contributed by atoms with Gasteiger partial charge in [0.25, 0.3) is 0 Å². The largest absolute Gasteiger partial charge is 0.334 e. The van der Waals surface area contributed by atoms with E-state index in [9.17, 15) is 0 Å². The Labute approximate surface area is 155 Å². The van der Waals surface area contributed by atoms with Crippen molar-refractivity contribution in [2.24, 2.45) is 7.05 Å². The highest BCUT2D eigenvalue weighted by Gasteiger charge is 2.18. The van der Waals surface area contributed by atoms with Crippen LogP contribution in [0.3, 0.4) is 0 Å². The van der Waals surface area contributed by atoms with Gasteiger partial charge in [0.2, 0.25) is 0 Å². The van der Waals surface area contributed by atoms with Crippen LogP contribution < -0.4 is 4.90 Å². The molecule has 0 saturated carbocycles. The number of rotatable bonds is 6. The minimum Gasteiger partial charge on any atom is -0.334 e. The summed E-state index contributed by atoms with van der Waals surface area (Å²) < 4.78 is 2.06. The van der Waals surface area contributed by atoms with E-state index in [1.165, 1.54) is 37.2 Å². The lowest BCUT2D eigenvalue weighted by atomic mass is 10.1. The van der Waals surface area contributed by atoms with E-state index in [1.54, 1.807) is 0 Å². The van der Waals surface area contributed by atoms with Gasteiger partial charge >= 0.3 is 0 Å². The molecule has 1 aliphatic rings. The molecular formula is C21H27N5. The van der Waals surface area contributed by atoms with E-state index in [2.05, 4.69) is 56.6 Å². The molecule has 1 aliphatic heterocycles. The molecule has 136 valence electrons. The monoisotopic (exact) mass is 349 g/mol. The van der Waals surface area contributed by atoms with Crippen LogP contribution in [0, 0.1) is 0 Å². The summed E-state index contributed by atoms with van der Waals surface area (Å²) in [4.78, 5) is 14.1. The third-order valence-electron chi connectivity index (χ3n) is 5.38. The summed E-state index contributed by atoms with van der Waals surface area (Å²) in [7, 11) is 2.04. The topological polar surface area (TPSA) is 37.2 Å². The van der Waals surface area contributed by atoms with E-state index < -0.39 is 0 Å². The van der Waals surface area contributed by atoms with Gasteiger partial charge in [0.15, 0.2) is 0 Å². The molecule has 0 aliphatic carbocycles. The maximum absolute atomic E-state index is 4.75. The molecule has 0 unspecified atom stereocenters. The summed E-state index contributed by atoms with van der Waals surface area (Å²) in [5, 5.41) is 0. The number of fused-ring (bicyclic) bond motifs is 1. The average molecular weight is 349 g/mol. The standard InChI is InChI=1S/C21H27N5/c1-3-17-8-4-5-9-19(17)26(13-12-25-10-6-7-11-25)21-14-20-18(15-22-21)23-16-24(20)2/h4-5,8-9,14-16H,3,6-7,10-13H2,1-2H3. The summed E-state index contributed by atoms with van der Waals surface area (Å²) in [6.07, 6.45) is 7.41. The number of para-hydroxylation sites is 1. The number of pyridine rings is 1. The molecule has 0 amide bonds. The molecule has 4 rings (SSSR count). The first-order valence-electron chi connectivity index (χ1n) is 9.61. The van der Waals surface area contributed by atoms with Gasteiger partial charge in [-0.2, -0.15) is 0 Å². The van der Waals surface area contributed by atoms with Crippen LogP contribution in [0.25, 0.3) is 11.0 Å². The van der Waals surface area contributed by atoms with Gasteiger partial charge in [-0.1, -0.05) is 25.1 Å². The molecule has 1 saturated heterocycles. The molecule has 1 fully saturated rings. The SMILES string of the molecule is CCc1ccccc1N(CCN1CCCC1)c1cc2c(cn1)ncn2C. The Morgan fingerprint density at radius 3 is 2.73 bits per heavy atom. The van der Waals surface area contributed by atoms with Crippen LogP contribution >= 0.6 is 0 Å². The summed E-state index contributed by atoms with van der Waals surface area (Å²) >= 11 is 0. The fourth-order valence-corrected chi connectivity index (χ4v) is 3.85. The lowest BCUT2D eigenvalue weighted by molar-refractivity contribution is 0.348. The van der Waals surface area contributed by atoms with Crippen LogP contribution in [0.15, 0.2) is 42.9 Å². The van der Waals surface area contributed by atoms with Crippen molar-refractivity contribution in [3.63, 3.8) is 0 Å². The zero-order chi connectivity index (χ0) is 17.9. The fraction of sp³-hybridized carbons (Fsp3) is 0.429. The van der Waals surface area contributed by atoms with Gasteiger partial charge in [-0.15, -0.1) is 0 Å². The van der Waals surface area contributed by atoms with Crippen molar-refractivity contribution < 1.29 is 0 Å². The van der Waals surface area contributed by atoms with Crippen LogP contribution in [0.5, 0.6) is 0 Å². The summed E-state index contributed by atoms with van der Waals surface area (Å²) in [6.45, 7) is 6.68. The smallest absolute Gasteiger partial charge is 0.135 e. The van der Waals surface area contributed by atoms with Crippen molar-refractivity contribution in [2.45, 2.75) is 26.2 Å². The Hall–Kier alpha value is -2.40. The predicted octanol–water partition coefficient (Wildman–Crippen LogP) is 3.76. The molecule has 5 nitrogen and oxygen atoms in total. The minimum absolute atomic E-state index is 0.944. The van der Waals surface area contributed by atoms with Gasteiger partial charge < -0.3 is 14.4 Å². The summed E-state index contributed by atoms with van der Waals surface area (Å²) in [5.41, 5.74) is 4.69. The second kappa shape index (κ2) is 7.46. The van der Waals surface area contributed by atoms with E-state index in [-0.39, 0.29) is 0 Å². The van der Waals surface area contributed by atoms with E-state index >= 15 is 0 Å². The maximum atomic E-state index is 4.75. The highest BCUT2D eigenvalue weighted by Crippen LogP contribution is 2.29. The van der Waals surface area contributed by atoms with E-state index in [4.69, 9.17) is 4.98 Å². The summed E-state index contributed by atoms with van der Waals surface area (Å²) in [5.74, 6) is 1.00. The zero-order valence-corrected chi connectivity index (χ0v) is 15.7. The van der Waals surface area contributed by atoms with Crippen molar-refractivity contribution in [1.82, 2.24) is 19.4 Å². The number of hydrogen-bond donors (Lipinski definition) is 0. The third kappa shape index (κ3) is 3.31. The average Bonchev–Trinajstić information content (AvgIpc) is 3.32. The van der Waals surface area contributed by atoms with Crippen LogP contribution in [-0.2, 0) is 13.5 Å². The second-order valence-electron chi connectivity index (χ2n) is 7.07. The summed E-state index contributed by atoms with van der Waals surface area (Å²) in [6, 6.07) is 10.9. The van der Waals surface area contributed by atoms with E-state index in [1.807, 2.05) is 19.6 Å². The van der Waals surface area contributed by atoms with Gasteiger partial charge in [0.05, 0.1) is 18.0 Å². The molecule has 3 heterocycles. The Morgan fingerprint density at radius 2 is 1.92 bits per heavy atom. The lowest BCUT2D eigenvalue weighted by Crippen LogP contribution is -2.32. The zero-order valence-electron chi connectivity index (χ0n) is 15.7. The van der Waals surface area contributed by atoms with Gasteiger partial charge in [-0.3, -0.25) is 0 Å². The molecule has 2 aromatic heterocycles. The molecule has 1 aromatic carbocycles. The normalized spacial score (nSPS) is 15.0. The molecule has 3 aromatic rings. The Kier molecular flexibility index (Phi) is 4.89. The Bertz CT molecular complexity index is 879. The lowest BCUT2D eigenvalue weighted by Gasteiger charge is -2.28. The van der Waals surface area contributed by atoms with E-state index in [0.29, 0.717) is 0 Å². The molecule has 5 heteroatoms. The van der Waals surface area contributed by atoms with Gasteiger partial charge in [-0.05, 0) is 44.0 Å². The molecule has 0 radical (unpaired) electrons. The first kappa shape index (κ1) is 17.0. The molecule has 26 heavy (non-hydrogen) atoms. The number of aryl methyl sites for hydroxylation is 2. The predicted molar refractivity (Wildman–Crippen MR) is 107 cm³/mol. The number of imidazole rings is 1. The number of nitrogens with zero attached hydrogens (tertiary/aromatic N) is 5. The highest BCUT2D eigenvalue weighted by atomic mass is 15.2. The molecule has 0 spiro atoms. The second-order valence-corrected chi connectivity index (χ2v) is 7.07. The Balaban J connectivity index is 1.71. The first-order valence-corrected chi connectivity index (χ1v) is 9.61. The van der Waals surface area contributed by atoms with Gasteiger partial charge in [-0.25, -0.2) is 9.97 Å². The first-order chi connectivity index (χ1) is 12.8. The number of benzene rings is 1. The van der Waals surface area contributed by atoms with Crippen LogP contribution in [0.1, 0.15) is 25.3 Å². The van der Waals surface area contributed by atoms with Crippen molar-refractivity contribution in [3.8, 4) is 0 Å². The number of hydrogen-bond acceptors (Lipinski definition) is 4. The fourth-order valence-electron chi connectivity index (χ4n) is 3.85. The molecule has 0 N–H and O–H groups in total. The molecule has 0 atom stereocenters. The van der Waals surface area contributed by atoms with Crippen LogP contribution in [0.4, 0.5) is 11.5 Å². The number of anilines is 2. The van der Waals surface area contributed by atoms with Crippen LogP contribution in [0.2, 0.25) is 0 Å². The van der Waals surface area contributed by atoms with Crippen molar-refractivity contribution in [1.29, 1.82) is 0 Å². The minimum atomic E-state index is 0.944. The van der Waals surface area contributed by atoms with E-state index in [0.717, 1.165) is 36.4 Å². The Morgan fingerprint density at radius 1 is 1.12 bits per heavy atom. The highest BCUT2D eigenvalue weighted by molar-refractivity contribution is 5.79. The van der Waals surface area contributed by atoms with Crippen LogP contribution in [-0.4, -0.2) is 45.6 Å². The number of likely N-dealkylation sites (tertiary alicyclic amines) is 1. The van der Waals surface area contributed by atoms with Gasteiger partial charge in [0, 0.05) is 31.9 Å². The third-order valence-corrected chi connectivity index (χ3v) is 5.38.